The average molecular weight is 324 g/mol. The molecule has 1 aromatic carbocycles. The zero-order valence-electron chi connectivity index (χ0n) is 13.9. The minimum Gasteiger partial charge on any atom is -0.444 e. The first-order chi connectivity index (χ1) is 10.8. The zero-order valence-corrected chi connectivity index (χ0v) is 13.9. The van der Waals surface area contributed by atoms with Crippen molar-refractivity contribution in [3.63, 3.8) is 0 Å². The molecular weight excluding hydrogens is 299 g/mol. The Balaban J connectivity index is 1.90. The van der Waals surface area contributed by atoms with Crippen LogP contribution >= 0.6 is 0 Å². The molecule has 0 bridgehead atoms. The molecule has 6 heteroatoms. The number of hydrogen-bond acceptors (Lipinski definition) is 4. The van der Waals surface area contributed by atoms with Crippen molar-refractivity contribution in [1.82, 2.24) is 4.90 Å². The number of anilines is 1. The molecule has 1 heterocycles. The largest absolute Gasteiger partial charge is 0.444 e. The molecule has 128 valence electrons. The molecule has 5 nitrogen and oxygen atoms in total. The van der Waals surface area contributed by atoms with Gasteiger partial charge in [0.15, 0.2) is 0 Å². The molecule has 0 radical (unpaired) electrons. The molecule has 2 rings (SSSR count). The van der Waals surface area contributed by atoms with Gasteiger partial charge in [-0.25, -0.2) is 9.18 Å². The summed E-state index contributed by atoms with van der Waals surface area (Å²) in [6.07, 6.45) is 1.21. The molecule has 0 aliphatic carbocycles. The highest BCUT2D eigenvalue weighted by atomic mass is 19.1. The van der Waals surface area contributed by atoms with Crippen molar-refractivity contribution in [3.05, 3.63) is 29.6 Å². The van der Waals surface area contributed by atoms with Crippen molar-refractivity contribution in [3.8, 4) is 0 Å². The molecule has 0 spiro atoms. The highest BCUT2D eigenvalue weighted by Gasteiger charge is 2.27. The molecule has 23 heavy (non-hydrogen) atoms. The van der Waals surface area contributed by atoms with Crippen molar-refractivity contribution < 1.29 is 19.0 Å². The molecule has 0 unspecified atom stereocenters. The smallest absolute Gasteiger partial charge is 0.410 e. The summed E-state index contributed by atoms with van der Waals surface area (Å²) in [6.45, 7) is 6.39. The number of benzene rings is 1. The molecular formula is C17H25FN2O3. The summed E-state index contributed by atoms with van der Waals surface area (Å²) in [4.78, 5) is 13.7. The van der Waals surface area contributed by atoms with Crippen LogP contribution in [0, 0.1) is 5.82 Å². The van der Waals surface area contributed by atoms with Crippen molar-refractivity contribution in [2.75, 3.05) is 18.4 Å². The van der Waals surface area contributed by atoms with Crippen LogP contribution in [0.25, 0.3) is 0 Å². The van der Waals surface area contributed by atoms with Crippen LogP contribution in [0.3, 0.4) is 0 Å². The number of aliphatic hydroxyl groups excluding tert-OH is 1. The van der Waals surface area contributed by atoms with E-state index in [4.69, 9.17) is 4.74 Å². The highest BCUT2D eigenvalue weighted by molar-refractivity contribution is 5.68. The van der Waals surface area contributed by atoms with E-state index in [0.29, 0.717) is 18.8 Å². The number of likely N-dealkylation sites (tertiary alicyclic amines) is 1. The summed E-state index contributed by atoms with van der Waals surface area (Å²) in [7, 11) is 0. The van der Waals surface area contributed by atoms with Gasteiger partial charge in [0, 0.05) is 30.4 Å². The Morgan fingerprint density at radius 2 is 2.04 bits per heavy atom. The Bertz CT molecular complexity index is 549. The SMILES string of the molecule is CC(C)(C)OC(=O)N1CCC(Nc2cccc(F)c2CO)CC1. The second-order valence-corrected chi connectivity index (χ2v) is 6.81. The number of ether oxygens (including phenoxy) is 1. The van der Waals surface area contributed by atoms with Crippen molar-refractivity contribution >= 4 is 11.8 Å². The quantitative estimate of drug-likeness (QED) is 0.897. The van der Waals surface area contributed by atoms with Gasteiger partial charge >= 0.3 is 6.09 Å². The van der Waals surface area contributed by atoms with E-state index in [-0.39, 0.29) is 24.3 Å². The van der Waals surface area contributed by atoms with Crippen LogP contribution < -0.4 is 5.32 Å². The predicted octanol–water partition coefficient (Wildman–Crippen LogP) is 3.13. The monoisotopic (exact) mass is 324 g/mol. The van der Waals surface area contributed by atoms with E-state index in [1.54, 1.807) is 17.0 Å². The van der Waals surface area contributed by atoms with Crippen LogP contribution in [0.2, 0.25) is 0 Å². The van der Waals surface area contributed by atoms with E-state index in [0.717, 1.165) is 12.8 Å². The number of amides is 1. The van der Waals surface area contributed by atoms with Gasteiger partial charge in [0.05, 0.1) is 6.61 Å². The van der Waals surface area contributed by atoms with Crippen LogP contribution in [0.4, 0.5) is 14.9 Å². The lowest BCUT2D eigenvalue weighted by molar-refractivity contribution is 0.0210. The number of aliphatic hydroxyl groups is 1. The Kier molecular flexibility index (Phi) is 5.46. The number of hydrogen-bond donors (Lipinski definition) is 2. The van der Waals surface area contributed by atoms with Gasteiger partial charge in [-0.1, -0.05) is 6.07 Å². The molecule has 1 aliphatic rings. The Labute approximate surface area is 136 Å². The number of nitrogens with zero attached hydrogens (tertiary/aromatic N) is 1. The third kappa shape index (κ3) is 4.82. The summed E-state index contributed by atoms with van der Waals surface area (Å²) in [5.41, 5.74) is 0.398. The van der Waals surface area contributed by atoms with Gasteiger partial charge in [-0.05, 0) is 45.7 Å². The fraction of sp³-hybridized carbons (Fsp3) is 0.588. The lowest BCUT2D eigenvalue weighted by Crippen LogP contribution is -2.44. The molecule has 1 aliphatic heterocycles. The Morgan fingerprint density at radius 3 is 2.61 bits per heavy atom. The first-order valence-electron chi connectivity index (χ1n) is 7.93. The van der Waals surface area contributed by atoms with E-state index >= 15 is 0 Å². The van der Waals surface area contributed by atoms with Gasteiger partial charge in [-0.15, -0.1) is 0 Å². The van der Waals surface area contributed by atoms with E-state index in [1.165, 1.54) is 6.07 Å². The first kappa shape index (κ1) is 17.5. The number of halogens is 1. The molecule has 0 saturated carbocycles. The van der Waals surface area contributed by atoms with Gasteiger partial charge in [0.25, 0.3) is 0 Å². The summed E-state index contributed by atoms with van der Waals surface area (Å²) in [6, 6.07) is 4.85. The van der Waals surface area contributed by atoms with Gasteiger partial charge in [0.1, 0.15) is 11.4 Å². The van der Waals surface area contributed by atoms with E-state index in [2.05, 4.69) is 5.32 Å². The Morgan fingerprint density at radius 1 is 1.39 bits per heavy atom. The summed E-state index contributed by atoms with van der Waals surface area (Å²) >= 11 is 0. The first-order valence-corrected chi connectivity index (χ1v) is 7.93. The third-order valence-electron chi connectivity index (χ3n) is 3.78. The van der Waals surface area contributed by atoms with Gasteiger partial charge in [-0.2, -0.15) is 0 Å². The maximum absolute atomic E-state index is 13.7. The second kappa shape index (κ2) is 7.17. The van der Waals surface area contributed by atoms with E-state index in [9.17, 15) is 14.3 Å². The van der Waals surface area contributed by atoms with Gasteiger partial charge in [-0.3, -0.25) is 0 Å². The summed E-state index contributed by atoms with van der Waals surface area (Å²) < 4.78 is 19.0. The molecule has 1 saturated heterocycles. The number of piperidine rings is 1. The highest BCUT2D eigenvalue weighted by Crippen LogP contribution is 2.23. The number of carbonyl (C=O) groups is 1. The lowest BCUT2D eigenvalue weighted by atomic mass is 10.0. The Hall–Kier alpha value is -1.82. The number of rotatable bonds is 3. The fourth-order valence-corrected chi connectivity index (χ4v) is 2.61. The van der Waals surface area contributed by atoms with Crippen LogP contribution in [0.5, 0.6) is 0 Å². The van der Waals surface area contributed by atoms with Crippen LogP contribution in [0.15, 0.2) is 18.2 Å². The number of nitrogens with one attached hydrogen (secondary N) is 1. The molecule has 0 aromatic heterocycles. The average Bonchev–Trinajstić information content (AvgIpc) is 2.46. The van der Waals surface area contributed by atoms with Crippen LogP contribution in [-0.2, 0) is 11.3 Å². The van der Waals surface area contributed by atoms with Crippen LogP contribution in [-0.4, -0.2) is 40.8 Å². The molecule has 0 atom stereocenters. The number of carbonyl (C=O) groups excluding carboxylic acids is 1. The summed E-state index contributed by atoms with van der Waals surface area (Å²) in [5, 5.41) is 12.6. The molecule has 2 N–H and O–H groups in total. The zero-order chi connectivity index (χ0) is 17.0. The van der Waals surface area contributed by atoms with E-state index < -0.39 is 11.4 Å². The minimum absolute atomic E-state index is 0.140. The topological polar surface area (TPSA) is 61.8 Å². The molecule has 1 aromatic rings. The van der Waals surface area contributed by atoms with Gasteiger partial charge in [0.2, 0.25) is 0 Å². The maximum Gasteiger partial charge on any atom is 0.410 e. The lowest BCUT2D eigenvalue weighted by Gasteiger charge is -2.34. The van der Waals surface area contributed by atoms with Gasteiger partial charge < -0.3 is 20.1 Å². The third-order valence-corrected chi connectivity index (χ3v) is 3.78. The fourth-order valence-electron chi connectivity index (χ4n) is 2.61. The summed E-state index contributed by atoms with van der Waals surface area (Å²) in [5.74, 6) is -0.413. The molecule has 1 fully saturated rings. The van der Waals surface area contributed by atoms with E-state index in [1.807, 2.05) is 20.8 Å². The van der Waals surface area contributed by atoms with Crippen LogP contribution in [0.1, 0.15) is 39.2 Å². The van der Waals surface area contributed by atoms with Crippen molar-refractivity contribution in [2.45, 2.75) is 51.9 Å². The predicted molar refractivity (Wildman–Crippen MR) is 86.8 cm³/mol. The van der Waals surface area contributed by atoms with Crippen molar-refractivity contribution in [2.24, 2.45) is 0 Å². The second-order valence-electron chi connectivity index (χ2n) is 6.81. The standard InChI is InChI=1S/C17H25FN2O3/c1-17(2,3)23-16(22)20-9-7-12(8-10-20)19-15-6-4-5-14(18)13(15)11-21/h4-6,12,19,21H,7-11H2,1-3H3. The molecule has 1 amide bonds. The normalized spacial score (nSPS) is 16.3. The minimum atomic E-state index is -0.496. The maximum atomic E-state index is 13.7. The van der Waals surface area contributed by atoms with Crippen molar-refractivity contribution in [1.29, 1.82) is 0 Å².